The maximum Gasteiger partial charge on any atom is 0.306 e. The average Bonchev–Trinajstić information content (AvgIpc) is 3.24. The highest BCUT2D eigenvalue weighted by molar-refractivity contribution is 5.71. The zero-order valence-corrected chi connectivity index (χ0v) is 38.9. The Morgan fingerprint density at radius 3 is 1.07 bits per heavy atom. The molecule has 0 aliphatic heterocycles. The average molecular weight is 835 g/mol. The summed E-state index contributed by atoms with van der Waals surface area (Å²) in [6, 6.07) is 0. The number of hydrogen-bond acceptors (Lipinski definition) is 6. The van der Waals surface area contributed by atoms with Crippen LogP contribution in [0.2, 0.25) is 0 Å². The molecule has 0 saturated heterocycles. The van der Waals surface area contributed by atoms with E-state index in [4.69, 9.17) is 14.2 Å². The molecule has 0 aromatic rings. The van der Waals surface area contributed by atoms with Crippen LogP contribution in [0.5, 0.6) is 0 Å². The lowest BCUT2D eigenvalue weighted by Crippen LogP contribution is -2.30. The van der Waals surface area contributed by atoms with E-state index in [0.29, 0.717) is 19.3 Å². The van der Waals surface area contributed by atoms with Crippen LogP contribution in [0.25, 0.3) is 0 Å². The van der Waals surface area contributed by atoms with Crippen LogP contribution in [0.4, 0.5) is 0 Å². The molecule has 0 heterocycles. The molecule has 0 amide bonds. The highest BCUT2D eigenvalue weighted by atomic mass is 16.6. The fourth-order valence-corrected chi connectivity index (χ4v) is 6.31. The molecule has 0 aromatic heterocycles. The van der Waals surface area contributed by atoms with Gasteiger partial charge in [0, 0.05) is 19.3 Å². The Morgan fingerprint density at radius 2 is 0.633 bits per heavy atom. The maximum atomic E-state index is 12.8. The zero-order valence-electron chi connectivity index (χ0n) is 38.9. The minimum Gasteiger partial charge on any atom is -0.462 e. The summed E-state index contributed by atoms with van der Waals surface area (Å²) >= 11 is 0. The predicted octanol–water partition coefficient (Wildman–Crippen LogP) is 16.0. The van der Waals surface area contributed by atoms with Gasteiger partial charge in [0.1, 0.15) is 13.2 Å². The van der Waals surface area contributed by atoms with E-state index in [0.717, 1.165) is 103 Å². The van der Waals surface area contributed by atoms with Gasteiger partial charge in [-0.15, -0.1) is 0 Å². The molecule has 0 unspecified atom stereocenters. The standard InChI is InChI=1S/C54H90O6/c1-4-7-10-13-16-19-22-24-26-27-28-30-32-35-38-41-44-47-53(56)59-50-51(49-58-52(55)46-43-40-37-34-31-21-18-15-12-9-6-3)60-54(57)48-45-42-39-36-33-29-25-23-20-17-14-11-8-5-2/h14-19,23-26,28,30,35,38,51H,4-13,20-22,27,29,31-34,36-37,39-50H2,1-3H3/b17-14-,18-15-,19-16-,25-23-,26-24-,30-28-,38-35-/t51-/m1/s1. The Labute approximate surface area is 369 Å². The topological polar surface area (TPSA) is 78.9 Å². The van der Waals surface area contributed by atoms with Gasteiger partial charge in [0.15, 0.2) is 6.10 Å². The predicted molar refractivity (Wildman–Crippen MR) is 256 cm³/mol. The van der Waals surface area contributed by atoms with E-state index in [1.165, 1.54) is 70.6 Å². The normalized spacial score (nSPS) is 12.8. The largest absolute Gasteiger partial charge is 0.462 e. The highest BCUT2D eigenvalue weighted by Gasteiger charge is 2.19. The van der Waals surface area contributed by atoms with E-state index in [2.05, 4.69) is 106 Å². The third-order valence-electron chi connectivity index (χ3n) is 10.1. The van der Waals surface area contributed by atoms with Crippen LogP contribution in [-0.4, -0.2) is 37.2 Å². The Balaban J connectivity index is 4.50. The number of rotatable bonds is 43. The Bertz CT molecular complexity index is 1190. The van der Waals surface area contributed by atoms with Crippen molar-refractivity contribution >= 4 is 17.9 Å². The summed E-state index contributed by atoms with van der Waals surface area (Å²) in [5, 5.41) is 0. The smallest absolute Gasteiger partial charge is 0.306 e. The van der Waals surface area contributed by atoms with Crippen LogP contribution in [0.3, 0.4) is 0 Å². The first-order chi connectivity index (χ1) is 29.5. The first-order valence-corrected chi connectivity index (χ1v) is 24.6. The second kappa shape index (κ2) is 48.3. The quantitative estimate of drug-likeness (QED) is 0.0263. The van der Waals surface area contributed by atoms with Crippen molar-refractivity contribution in [2.75, 3.05) is 13.2 Å². The molecule has 60 heavy (non-hydrogen) atoms. The number of esters is 3. The molecule has 0 spiro atoms. The number of carbonyl (C=O) groups is 3. The van der Waals surface area contributed by atoms with Gasteiger partial charge in [0.25, 0.3) is 0 Å². The second-order valence-electron chi connectivity index (χ2n) is 16.0. The zero-order chi connectivity index (χ0) is 43.7. The van der Waals surface area contributed by atoms with Crippen molar-refractivity contribution in [2.45, 2.75) is 226 Å². The van der Waals surface area contributed by atoms with Crippen LogP contribution in [0.15, 0.2) is 85.1 Å². The molecule has 0 aromatic carbocycles. The van der Waals surface area contributed by atoms with Crippen molar-refractivity contribution in [1.82, 2.24) is 0 Å². The number of hydrogen-bond donors (Lipinski definition) is 0. The van der Waals surface area contributed by atoms with E-state index in [1.807, 2.05) is 0 Å². The number of unbranched alkanes of at least 4 members (excludes halogenated alkanes) is 18. The van der Waals surface area contributed by atoms with Crippen LogP contribution < -0.4 is 0 Å². The Kier molecular flexibility index (Phi) is 45.5. The molecule has 342 valence electrons. The van der Waals surface area contributed by atoms with Crippen molar-refractivity contribution in [3.63, 3.8) is 0 Å². The molecule has 0 N–H and O–H groups in total. The molecular formula is C54H90O6. The number of ether oxygens (including phenoxy) is 3. The summed E-state index contributed by atoms with van der Waals surface area (Å²) in [5.41, 5.74) is 0. The lowest BCUT2D eigenvalue weighted by Gasteiger charge is -2.18. The fraction of sp³-hybridized carbons (Fsp3) is 0.685. The first kappa shape index (κ1) is 56.6. The summed E-state index contributed by atoms with van der Waals surface area (Å²) in [6.07, 6.45) is 61.4. The van der Waals surface area contributed by atoms with Gasteiger partial charge in [0.2, 0.25) is 0 Å². The molecule has 0 rings (SSSR count). The summed E-state index contributed by atoms with van der Waals surface area (Å²) < 4.78 is 16.7. The van der Waals surface area contributed by atoms with Crippen molar-refractivity contribution in [3.8, 4) is 0 Å². The van der Waals surface area contributed by atoms with E-state index >= 15 is 0 Å². The molecule has 0 aliphatic rings. The molecule has 0 radical (unpaired) electrons. The lowest BCUT2D eigenvalue weighted by molar-refractivity contribution is -0.167. The van der Waals surface area contributed by atoms with E-state index in [9.17, 15) is 14.4 Å². The van der Waals surface area contributed by atoms with Crippen molar-refractivity contribution in [2.24, 2.45) is 0 Å². The van der Waals surface area contributed by atoms with Gasteiger partial charge in [-0.25, -0.2) is 0 Å². The van der Waals surface area contributed by atoms with Gasteiger partial charge in [-0.1, -0.05) is 183 Å². The van der Waals surface area contributed by atoms with Gasteiger partial charge in [-0.05, 0) is 103 Å². The Morgan fingerprint density at radius 1 is 0.333 bits per heavy atom. The molecule has 0 fully saturated rings. The van der Waals surface area contributed by atoms with Crippen molar-refractivity contribution in [1.29, 1.82) is 0 Å². The monoisotopic (exact) mass is 835 g/mol. The molecule has 0 bridgehead atoms. The van der Waals surface area contributed by atoms with Crippen molar-refractivity contribution in [3.05, 3.63) is 85.1 Å². The van der Waals surface area contributed by atoms with Crippen LogP contribution in [0, 0.1) is 0 Å². The van der Waals surface area contributed by atoms with E-state index in [-0.39, 0.29) is 37.5 Å². The SMILES string of the molecule is CCCC/C=C\C/C=C\CCCCCCCC(=O)O[C@@H](COC(=O)CCC/C=C\C/C=C\C/C=C\C/C=C\CCCCC)COC(=O)CCCCCCC/C=C\CCCC. The second-order valence-corrected chi connectivity index (χ2v) is 16.0. The Hall–Kier alpha value is -3.41. The molecule has 0 aliphatic carbocycles. The van der Waals surface area contributed by atoms with Gasteiger partial charge >= 0.3 is 17.9 Å². The molecule has 0 saturated carbocycles. The molecule has 1 atom stereocenters. The third-order valence-corrected chi connectivity index (χ3v) is 10.1. The fourth-order valence-electron chi connectivity index (χ4n) is 6.31. The van der Waals surface area contributed by atoms with Gasteiger partial charge < -0.3 is 14.2 Å². The summed E-state index contributed by atoms with van der Waals surface area (Å²) in [5.74, 6) is -0.991. The number of allylic oxidation sites excluding steroid dienone is 14. The molecular weight excluding hydrogens is 745 g/mol. The van der Waals surface area contributed by atoms with E-state index in [1.54, 1.807) is 0 Å². The highest BCUT2D eigenvalue weighted by Crippen LogP contribution is 2.12. The van der Waals surface area contributed by atoms with Gasteiger partial charge in [0.05, 0.1) is 0 Å². The van der Waals surface area contributed by atoms with Gasteiger partial charge in [-0.3, -0.25) is 14.4 Å². The van der Waals surface area contributed by atoms with Crippen LogP contribution in [-0.2, 0) is 28.6 Å². The summed E-state index contributed by atoms with van der Waals surface area (Å²) in [7, 11) is 0. The van der Waals surface area contributed by atoms with Gasteiger partial charge in [-0.2, -0.15) is 0 Å². The minimum absolute atomic E-state index is 0.105. The first-order valence-electron chi connectivity index (χ1n) is 24.6. The van der Waals surface area contributed by atoms with E-state index < -0.39 is 6.10 Å². The molecule has 6 heteroatoms. The van der Waals surface area contributed by atoms with Crippen molar-refractivity contribution < 1.29 is 28.6 Å². The maximum absolute atomic E-state index is 12.8. The minimum atomic E-state index is -0.808. The lowest BCUT2D eigenvalue weighted by atomic mass is 10.1. The van der Waals surface area contributed by atoms with Crippen LogP contribution in [0.1, 0.15) is 220 Å². The summed E-state index contributed by atoms with van der Waals surface area (Å²) in [6.45, 7) is 6.45. The molecule has 6 nitrogen and oxygen atoms in total. The summed E-state index contributed by atoms with van der Waals surface area (Å²) in [4.78, 5) is 37.8. The number of carbonyl (C=O) groups excluding carboxylic acids is 3. The van der Waals surface area contributed by atoms with Crippen LogP contribution >= 0.6 is 0 Å². The third kappa shape index (κ3) is 45.7.